The fourth-order valence-corrected chi connectivity index (χ4v) is 1.73. The van der Waals surface area contributed by atoms with Gasteiger partial charge in [0.05, 0.1) is 0 Å². The summed E-state index contributed by atoms with van der Waals surface area (Å²) in [6.45, 7) is 0.255. The lowest BCUT2D eigenvalue weighted by atomic mass is 10.3. The molecule has 0 aliphatic carbocycles. The van der Waals surface area contributed by atoms with E-state index in [0.29, 0.717) is 0 Å². The first-order chi connectivity index (χ1) is 7.17. The van der Waals surface area contributed by atoms with Crippen LogP contribution in [0, 0.1) is 0 Å². The topological polar surface area (TPSA) is 69.6 Å². The molecule has 0 amide bonds. The van der Waals surface area contributed by atoms with E-state index in [0.717, 1.165) is 0 Å². The van der Waals surface area contributed by atoms with Gasteiger partial charge in [0.1, 0.15) is 0 Å². The lowest BCUT2D eigenvalue weighted by Gasteiger charge is -2.27. The summed E-state index contributed by atoms with van der Waals surface area (Å²) >= 11 is 0. The zero-order valence-electron chi connectivity index (χ0n) is 7.73. The van der Waals surface area contributed by atoms with Crippen LogP contribution in [-0.4, -0.2) is 31.7 Å². The summed E-state index contributed by atoms with van der Waals surface area (Å²) in [5.74, 6) is -1.92. The number of sulfonamides is 1. The van der Waals surface area contributed by atoms with Crippen molar-refractivity contribution in [1.82, 2.24) is 0 Å². The van der Waals surface area contributed by atoms with Crippen LogP contribution < -0.4 is 5.11 Å². The van der Waals surface area contributed by atoms with Gasteiger partial charge in [-0.2, -0.15) is 30.7 Å². The number of hydrogen-bond donors (Lipinski definition) is 0. The summed E-state index contributed by atoms with van der Waals surface area (Å²) in [4.78, 5) is 0. The molecule has 0 rings (SSSR count). The molecule has 0 radical (unpaired) electrons. The molecule has 0 aromatic rings. The minimum absolute atomic E-state index is 0.255. The van der Waals surface area contributed by atoms with E-state index in [1.807, 2.05) is 0 Å². The average Bonchev–Trinajstić information content (AvgIpc) is 1.95. The molecule has 0 aliphatic rings. The third-order valence-corrected chi connectivity index (χ3v) is 3.00. The lowest BCUT2D eigenvalue weighted by molar-refractivity contribution is -0.305. The second kappa shape index (κ2) is 3.99. The van der Waals surface area contributed by atoms with Crippen LogP contribution in [0.2, 0.25) is 0 Å². The van der Waals surface area contributed by atoms with Crippen LogP contribution in [0.1, 0.15) is 6.92 Å². The van der Waals surface area contributed by atoms with E-state index < -0.39 is 33.3 Å². The molecule has 0 heterocycles. The second-order valence-electron chi connectivity index (χ2n) is 2.68. The summed E-state index contributed by atoms with van der Waals surface area (Å²) < 4.78 is 107. The van der Waals surface area contributed by atoms with Crippen molar-refractivity contribution < 1.29 is 44.3 Å². The largest absolute Gasteiger partial charge is 0.861 e. The van der Waals surface area contributed by atoms with Crippen LogP contribution in [-0.2, 0) is 10.0 Å². The molecule has 0 spiro atoms. The van der Waals surface area contributed by atoms with Crippen LogP contribution >= 0.6 is 0 Å². The Bertz CT molecular complexity index is 402. The molecule has 0 atom stereocenters. The fourth-order valence-electron chi connectivity index (χ4n) is 0.685. The minimum Gasteiger partial charge on any atom is -0.861 e. The van der Waals surface area contributed by atoms with Gasteiger partial charge in [0.15, 0.2) is 0 Å². The van der Waals surface area contributed by atoms with E-state index >= 15 is 0 Å². The number of halogens is 7. The number of hydrogen-bond acceptors (Lipinski definition) is 3. The summed E-state index contributed by atoms with van der Waals surface area (Å²) in [5.41, 5.74) is 0. The van der Waals surface area contributed by atoms with Crippen molar-refractivity contribution in [3.63, 3.8) is 0 Å². The van der Waals surface area contributed by atoms with Crippen LogP contribution in [0.4, 0.5) is 30.7 Å². The second-order valence-corrected chi connectivity index (χ2v) is 4.37. The SMILES string of the molecule is CC([O-])=NS(=O)(=O)C(F)(C(F)(F)F)C(F)(F)F. The van der Waals surface area contributed by atoms with Gasteiger partial charge in [-0.05, 0) is 12.8 Å². The Kier molecular flexibility index (Phi) is 3.74. The van der Waals surface area contributed by atoms with Gasteiger partial charge in [0.25, 0.3) is 0 Å². The standard InChI is InChI=1S/C5H4F7NO3S/c1-2(14)13-17(15,16)3(6,4(7,8)9)5(10,11)12/h1H3,(H,13,14)/p-1. The van der Waals surface area contributed by atoms with Crippen LogP contribution in [0.3, 0.4) is 0 Å². The first-order valence-electron chi connectivity index (χ1n) is 3.47. The lowest BCUT2D eigenvalue weighted by Crippen LogP contribution is -2.58. The number of alkyl halides is 7. The third kappa shape index (κ3) is 2.61. The zero-order valence-corrected chi connectivity index (χ0v) is 8.54. The minimum atomic E-state index is -6.82. The molecule has 0 saturated heterocycles. The van der Waals surface area contributed by atoms with Gasteiger partial charge in [-0.1, -0.05) is 0 Å². The highest BCUT2D eigenvalue weighted by Crippen LogP contribution is 2.50. The molecule has 102 valence electrons. The van der Waals surface area contributed by atoms with Crippen molar-refractivity contribution in [2.75, 3.05) is 0 Å². The molecule has 0 aliphatic heterocycles. The normalized spacial score (nSPS) is 16.1. The Morgan fingerprint density at radius 1 is 1.00 bits per heavy atom. The van der Waals surface area contributed by atoms with Crippen LogP contribution in [0.15, 0.2) is 4.40 Å². The summed E-state index contributed by atoms with van der Waals surface area (Å²) in [6.07, 6.45) is -13.6. The Hall–Kier alpha value is -1.07. The molecular formula is C5H3F7NO3S-. The summed E-state index contributed by atoms with van der Waals surface area (Å²) in [7, 11) is -6.78. The monoisotopic (exact) mass is 290 g/mol. The maximum Gasteiger partial charge on any atom is 0.449 e. The Morgan fingerprint density at radius 2 is 1.29 bits per heavy atom. The molecule has 0 unspecified atom stereocenters. The Morgan fingerprint density at radius 3 is 1.47 bits per heavy atom. The van der Waals surface area contributed by atoms with Crippen LogP contribution in [0.5, 0.6) is 0 Å². The first kappa shape index (κ1) is 15.9. The highest BCUT2D eigenvalue weighted by molar-refractivity contribution is 7.91. The van der Waals surface area contributed by atoms with E-state index in [-0.39, 0.29) is 6.92 Å². The molecular weight excluding hydrogens is 287 g/mol. The molecule has 0 fully saturated rings. The van der Waals surface area contributed by atoms with Gasteiger partial charge in [-0.15, -0.1) is 0 Å². The predicted molar refractivity (Wildman–Crippen MR) is 38.0 cm³/mol. The molecule has 0 N–H and O–H groups in total. The van der Waals surface area contributed by atoms with Gasteiger partial charge < -0.3 is 5.11 Å². The van der Waals surface area contributed by atoms with E-state index in [9.17, 15) is 44.3 Å². The molecule has 0 aromatic carbocycles. The van der Waals surface area contributed by atoms with Gasteiger partial charge in [0.2, 0.25) is 0 Å². The molecule has 0 aromatic heterocycles. The summed E-state index contributed by atoms with van der Waals surface area (Å²) in [6, 6.07) is 0. The Labute approximate surface area is 89.8 Å². The van der Waals surface area contributed by atoms with E-state index in [2.05, 4.69) is 0 Å². The maximum absolute atomic E-state index is 12.9. The van der Waals surface area contributed by atoms with Crippen molar-refractivity contribution in [3.8, 4) is 0 Å². The zero-order chi connectivity index (χ0) is 14.3. The van der Waals surface area contributed by atoms with Crippen molar-refractivity contribution in [1.29, 1.82) is 0 Å². The molecule has 12 heteroatoms. The van der Waals surface area contributed by atoms with Crippen molar-refractivity contribution >= 4 is 15.9 Å². The van der Waals surface area contributed by atoms with Crippen LogP contribution in [0.25, 0.3) is 0 Å². The average molecular weight is 290 g/mol. The van der Waals surface area contributed by atoms with Gasteiger partial charge >= 0.3 is 27.4 Å². The molecule has 17 heavy (non-hydrogen) atoms. The van der Waals surface area contributed by atoms with Gasteiger partial charge in [-0.25, -0.2) is 12.8 Å². The van der Waals surface area contributed by atoms with Crippen molar-refractivity contribution in [3.05, 3.63) is 0 Å². The van der Waals surface area contributed by atoms with Crippen molar-refractivity contribution in [2.45, 2.75) is 24.3 Å². The number of rotatable bonds is 2. The van der Waals surface area contributed by atoms with Gasteiger partial charge in [0, 0.05) is 0 Å². The van der Waals surface area contributed by atoms with Crippen molar-refractivity contribution in [2.24, 2.45) is 4.40 Å². The van der Waals surface area contributed by atoms with Gasteiger partial charge in [-0.3, -0.25) is 0 Å². The molecule has 0 saturated carbocycles. The van der Waals surface area contributed by atoms with E-state index in [1.54, 1.807) is 0 Å². The Balaban J connectivity index is 6.14. The predicted octanol–water partition coefficient (Wildman–Crippen LogP) is 0.885. The molecule has 0 bridgehead atoms. The van der Waals surface area contributed by atoms with E-state index in [1.165, 1.54) is 4.40 Å². The quantitative estimate of drug-likeness (QED) is 0.431. The molecule has 4 nitrogen and oxygen atoms in total. The maximum atomic E-state index is 12.9. The highest BCUT2D eigenvalue weighted by atomic mass is 32.2. The summed E-state index contributed by atoms with van der Waals surface area (Å²) in [5, 5.41) is 3.50. The highest BCUT2D eigenvalue weighted by Gasteiger charge is 2.81. The third-order valence-electron chi connectivity index (χ3n) is 1.33. The smallest absolute Gasteiger partial charge is 0.449 e. The van der Waals surface area contributed by atoms with E-state index in [4.69, 9.17) is 0 Å². The number of nitrogens with zero attached hydrogens (tertiary/aromatic N) is 1. The first-order valence-corrected chi connectivity index (χ1v) is 4.91. The fraction of sp³-hybridized carbons (Fsp3) is 0.800.